The van der Waals surface area contributed by atoms with Crippen LogP contribution in [0.25, 0.3) is 0 Å². The van der Waals surface area contributed by atoms with Gasteiger partial charge < -0.3 is 20.6 Å². The summed E-state index contributed by atoms with van der Waals surface area (Å²) in [5.74, 6) is -0.372. The van der Waals surface area contributed by atoms with Crippen molar-refractivity contribution in [3.05, 3.63) is 24.0 Å². The first kappa shape index (κ1) is 16.5. The topological polar surface area (TPSA) is 64.6 Å². The summed E-state index contributed by atoms with van der Waals surface area (Å²) in [6.07, 6.45) is 1.85. The molecule has 1 aromatic carbocycles. The average Bonchev–Trinajstić information content (AvgIpc) is 3.25. The van der Waals surface area contributed by atoms with Gasteiger partial charge in [0.05, 0.1) is 12.3 Å². The molecule has 5 nitrogen and oxygen atoms in total. The number of carbonyl (C=O) groups is 1. The van der Waals surface area contributed by atoms with E-state index in [2.05, 4.69) is 10.6 Å². The predicted molar refractivity (Wildman–Crippen MR) is 85.7 cm³/mol. The van der Waals surface area contributed by atoms with E-state index < -0.39 is 0 Å². The fourth-order valence-corrected chi connectivity index (χ4v) is 2.16. The molecule has 1 aliphatic carbocycles. The molecule has 0 atom stereocenters. The summed E-state index contributed by atoms with van der Waals surface area (Å²) in [6, 6.07) is 4.44. The Morgan fingerprint density at radius 1 is 1.45 bits per heavy atom. The van der Waals surface area contributed by atoms with Gasteiger partial charge in [-0.05, 0) is 44.9 Å². The van der Waals surface area contributed by atoms with Gasteiger partial charge in [-0.15, -0.1) is 0 Å². The summed E-state index contributed by atoms with van der Waals surface area (Å²) in [5.41, 5.74) is 0.759. The molecule has 0 heterocycles. The number of rotatable bonds is 6. The minimum atomic E-state index is -0.385. The fraction of sp³-hybridized carbons (Fsp3) is 0.562. The van der Waals surface area contributed by atoms with Crippen LogP contribution in [0.5, 0.6) is 0 Å². The minimum Gasteiger partial charge on any atom is -0.396 e. The van der Waals surface area contributed by atoms with E-state index in [0.717, 1.165) is 12.8 Å². The molecule has 3 N–H and O–H groups in total. The Balaban J connectivity index is 1.93. The standard InChI is InChI=1S/C16H24FN3O2/c1-11(2)20(3)14-5-4-12(8-13(14)17)19-15(22)18-9-16(10-21)6-7-16/h4-5,8,11,21H,6-7,9-10H2,1-3H3,(H2,18,19,22). The molecule has 1 aromatic rings. The van der Waals surface area contributed by atoms with Gasteiger partial charge in [0, 0.05) is 30.7 Å². The summed E-state index contributed by atoms with van der Waals surface area (Å²) in [7, 11) is 1.83. The number of hydrogen-bond acceptors (Lipinski definition) is 3. The van der Waals surface area contributed by atoms with Crippen molar-refractivity contribution in [1.82, 2.24) is 5.32 Å². The molecule has 1 aliphatic rings. The monoisotopic (exact) mass is 309 g/mol. The second-order valence-electron chi connectivity index (χ2n) is 6.34. The van der Waals surface area contributed by atoms with Gasteiger partial charge in [0.25, 0.3) is 0 Å². The largest absolute Gasteiger partial charge is 0.396 e. The van der Waals surface area contributed by atoms with Crippen LogP contribution in [0.15, 0.2) is 18.2 Å². The molecule has 122 valence electrons. The zero-order chi connectivity index (χ0) is 16.3. The van der Waals surface area contributed by atoms with Crippen LogP contribution >= 0.6 is 0 Å². The number of benzene rings is 1. The van der Waals surface area contributed by atoms with E-state index in [1.807, 2.05) is 25.8 Å². The number of urea groups is 1. The zero-order valence-corrected chi connectivity index (χ0v) is 13.3. The number of anilines is 2. The molecule has 6 heteroatoms. The fourth-order valence-electron chi connectivity index (χ4n) is 2.16. The Bertz CT molecular complexity index is 544. The summed E-state index contributed by atoms with van der Waals surface area (Å²) < 4.78 is 14.1. The van der Waals surface area contributed by atoms with Crippen molar-refractivity contribution >= 4 is 17.4 Å². The van der Waals surface area contributed by atoms with Crippen molar-refractivity contribution in [2.45, 2.75) is 32.7 Å². The predicted octanol–water partition coefficient (Wildman–Crippen LogP) is 2.56. The number of aliphatic hydroxyl groups is 1. The van der Waals surface area contributed by atoms with Gasteiger partial charge in [-0.1, -0.05) is 0 Å². The third-order valence-electron chi connectivity index (χ3n) is 4.28. The van der Waals surface area contributed by atoms with Crippen LogP contribution in [0.1, 0.15) is 26.7 Å². The van der Waals surface area contributed by atoms with Gasteiger partial charge in [-0.25, -0.2) is 9.18 Å². The molecule has 2 amide bonds. The quantitative estimate of drug-likeness (QED) is 0.757. The lowest BCUT2D eigenvalue weighted by molar-refractivity contribution is 0.206. The molecular weight excluding hydrogens is 285 g/mol. The Kier molecular flexibility index (Phi) is 4.90. The summed E-state index contributed by atoms with van der Waals surface area (Å²) >= 11 is 0. The molecule has 0 aliphatic heterocycles. The van der Waals surface area contributed by atoms with Crippen molar-refractivity contribution in [2.24, 2.45) is 5.41 Å². The van der Waals surface area contributed by atoms with Gasteiger partial charge in [-0.3, -0.25) is 0 Å². The maximum Gasteiger partial charge on any atom is 0.319 e. The first-order chi connectivity index (χ1) is 10.4. The van der Waals surface area contributed by atoms with Gasteiger partial charge in [0.15, 0.2) is 0 Å². The minimum absolute atomic E-state index is 0.0815. The lowest BCUT2D eigenvalue weighted by Gasteiger charge is -2.24. The van der Waals surface area contributed by atoms with E-state index in [-0.39, 0.29) is 29.9 Å². The number of nitrogens with zero attached hydrogens (tertiary/aromatic N) is 1. The zero-order valence-electron chi connectivity index (χ0n) is 13.3. The maximum absolute atomic E-state index is 14.1. The Labute approximate surface area is 130 Å². The Morgan fingerprint density at radius 3 is 2.64 bits per heavy atom. The summed E-state index contributed by atoms with van der Waals surface area (Å²) in [4.78, 5) is 13.6. The van der Waals surface area contributed by atoms with Crippen LogP contribution in [0.3, 0.4) is 0 Å². The van der Waals surface area contributed by atoms with E-state index in [9.17, 15) is 14.3 Å². The summed E-state index contributed by atoms with van der Waals surface area (Å²) in [6.45, 7) is 4.48. The molecule has 22 heavy (non-hydrogen) atoms. The molecule has 0 radical (unpaired) electrons. The van der Waals surface area contributed by atoms with Crippen LogP contribution in [0, 0.1) is 11.2 Å². The molecule has 0 bridgehead atoms. The molecule has 0 unspecified atom stereocenters. The normalized spacial score (nSPS) is 15.5. The molecular formula is C16H24FN3O2. The van der Waals surface area contributed by atoms with Crippen LogP contribution in [-0.4, -0.2) is 37.4 Å². The Morgan fingerprint density at radius 2 is 2.14 bits per heavy atom. The van der Waals surface area contributed by atoms with Gasteiger partial charge in [-0.2, -0.15) is 0 Å². The van der Waals surface area contributed by atoms with E-state index >= 15 is 0 Å². The lowest BCUT2D eigenvalue weighted by atomic mass is 10.1. The molecule has 1 fully saturated rings. The highest BCUT2D eigenvalue weighted by atomic mass is 19.1. The van der Waals surface area contributed by atoms with E-state index in [1.54, 1.807) is 12.1 Å². The number of amides is 2. The molecule has 0 saturated heterocycles. The van der Waals surface area contributed by atoms with Gasteiger partial charge in [0.2, 0.25) is 0 Å². The van der Waals surface area contributed by atoms with Crippen LogP contribution in [0.4, 0.5) is 20.6 Å². The number of nitrogens with one attached hydrogen (secondary N) is 2. The van der Waals surface area contributed by atoms with E-state index in [0.29, 0.717) is 17.9 Å². The SMILES string of the molecule is CC(C)N(C)c1ccc(NC(=O)NCC2(CO)CC2)cc1F. The molecule has 2 rings (SSSR count). The van der Waals surface area contributed by atoms with Crippen LogP contribution in [0.2, 0.25) is 0 Å². The van der Waals surface area contributed by atoms with E-state index in [4.69, 9.17) is 0 Å². The highest BCUT2D eigenvalue weighted by molar-refractivity contribution is 5.89. The molecule has 1 saturated carbocycles. The van der Waals surface area contributed by atoms with Crippen LogP contribution in [-0.2, 0) is 0 Å². The average molecular weight is 309 g/mol. The third-order valence-corrected chi connectivity index (χ3v) is 4.28. The first-order valence-corrected chi connectivity index (χ1v) is 7.55. The number of aliphatic hydroxyl groups excluding tert-OH is 1. The van der Waals surface area contributed by atoms with Crippen molar-refractivity contribution in [3.63, 3.8) is 0 Å². The van der Waals surface area contributed by atoms with Gasteiger partial charge >= 0.3 is 6.03 Å². The smallest absolute Gasteiger partial charge is 0.319 e. The first-order valence-electron chi connectivity index (χ1n) is 7.55. The highest BCUT2D eigenvalue weighted by Crippen LogP contribution is 2.44. The Hall–Kier alpha value is -1.82. The molecule has 0 spiro atoms. The van der Waals surface area contributed by atoms with Crippen molar-refractivity contribution in [3.8, 4) is 0 Å². The number of carbonyl (C=O) groups excluding carboxylic acids is 1. The van der Waals surface area contributed by atoms with E-state index in [1.165, 1.54) is 6.07 Å². The van der Waals surface area contributed by atoms with Crippen molar-refractivity contribution in [1.29, 1.82) is 0 Å². The number of halogens is 1. The third kappa shape index (κ3) is 3.88. The number of hydrogen-bond donors (Lipinski definition) is 3. The molecule has 0 aromatic heterocycles. The van der Waals surface area contributed by atoms with Crippen LogP contribution < -0.4 is 15.5 Å². The maximum atomic E-state index is 14.1. The highest BCUT2D eigenvalue weighted by Gasteiger charge is 2.42. The van der Waals surface area contributed by atoms with Crippen molar-refractivity contribution < 1.29 is 14.3 Å². The van der Waals surface area contributed by atoms with Crippen molar-refractivity contribution in [2.75, 3.05) is 30.4 Å². The van der Waals surface area contributed by atoms with Gasteiger partial charge in [0.1, 0.15) is 5.82 Å². The lowest BCUT2D eigenvalue weighted by Crippen LogP contribution is -2.35. The second kappa shape index (κ2) is 6.52. The summed E-state index contributed by atoms with van der Waals surface area (Å²) in [5, 5.41) is 14.5. The second-order valence-corrected chi connectivity index (χ2v) is 6.34.